The molecule has 1 aromatic heterocycles. The zero-order valence-electron chi connectivity index (χ0n) is 12.1. The highest BCUT2D eigenvalue weighted by Gasteiger charge is 2.19. The molecule has 1 amide bonds. The van der Waals surface area contributed by atoms with E-state index in [1.807, 2.05) is 37.3 Å². The first-order chi connectivity index (χ1) is 10.1. The minimum atomic E-state index is -0.314. The van der Waals surface area contributed by atoms with Crippen molar-refractivity contribution >= 4 is 23.4 Å². The number of aromatic nitrogens is 3. The number of benzene rings is 1. The number of thioether (sulfide) groups is 1. The molecule has 0 saturated carbocycles. The maximum absolute atomic E-state index is 12.1. The average molecular weight is 305 g/mol. The second kappa shape index (κ2) is 7.12. The summed E-state index contributed by atoms with van der Waals surface area (Å²) in [5, 5.41) is 11.2. The normalized spacial score (nSPS) is 12.1. The molecule has 0 aliphatic carbocycles. The highest BCUT2D eigenvalue weighted by Crippen LogP contribution is 2.22. The largest absolute Gasteiger partial charge is 0.336 e. The Hall–Kier alpha value is -2.02. The standard InChI is InChI=1S/C14H19N5OS/c1-3-7-12-17-18-14(19(12)15)21-10(2)13(20)16-11-8-5-4-6-9-11/h4-6,8-10H,3,7,15H2,1-2H3,(H,16,20)/t10-/m1/s1. The van der Waals surface area contributed by atoms with E-state index < -0.39 is 0 Å². The Kier molecular flexibility index (Phi) is 5.21. The van der Waals surface area contributed by atoms with Crippen LogP contribution >= 0.6 is 11.8 Å². The fourth-order valence-electron chi connectivity index (χ4n) is 1.76. The summed E-state index contributed by atoms with van der Waals surface area (Å²) in [6, 6.07) is 9.35. The number of para-hydroxylation sites is 1. The van der Waals surface area contributed by atoms with Gasteiger partial charge in [-0.15, -0.1) is 10.2 Å². The number of nitrogen functional groups attached to an aromatic ring is 1. The van der Waals surface area contributed by atoms with Crippen LogP contribution in [0.4, 0.5) is 5.69 Å². The molecule has 1 aromatic carbocycles. The smallest absolute Gasteiger partial charge is 0.237 e. The van der Waals surface area contributed by atoms with Crippen LogP contribution in [0, 0.1) is 0 Å². The predicted octanol–water partition coefficient (Wildman–Crippen LogP) is 2.06. The van der Waals surface area contributed by atoms with Crippen LogP contribution in [0.25, 0.3) is 0 Å². The Morgan fingerprint density at radius 1 is 1.38 bits per heavy atom. The number of nitrogens with two attached hydrogens (primary N) is 1. The van der Waals surface area contributed by atoms with Gasteiger partial charge in [-0.3, -0.25) is 4.79 Å². The molecule has 6 nitrogen and oxygen atoms in total. The van der Waals surface area contributed by atoms with Gasteiger partial charge in [0.2, 0.25) is 11.1 Å². The molecule has 1 atom stereocenters. The summed E-state index contributed by atoms with van der Waals surface area (Å²) in [6.07, 6.45) is 1.72. The lowest BCUT2D eigenvalue weighted by atomic mass is 10.3. The topological polar surface area (TPSA) is 85.8 Å². The molecule has 2 aromatic rings. The first-order valence-corrected chi connectivity index (χ1v) is 7.71. The van der Waals surface area contributed by atoms with E-state index in [4.69, 9.17) is 5.84 Å². The SMILES string of the molecule is CCCc1nnc(S[C@H](C)C(=O)Nc2ccccc2)n1N. The van der Waals surface area contributed by atoms with E-state index in [0.29, 0.717) is 5.16 Å². The lowest BCUT2D eigenvalue weighted by Gasteiger charge is -2.11. The number of carbonyl (C=O) groups is 1. The third kappa shape index (κ3) is 3.98. The van der Waals surface area contributed by atoms with Gasteiger partial charge in [-0.25, -0.2) is 4.68 Å². The Labute approximate surface area is 128 Å². The molecule has 0 radical (unpaired) electrons. The molecule has 21 heavy (non-hydrogen) atoms. The van der Waals surface area contributed by atoms with Crippen LogP contribution in [0.15, 0.2) is 35.5 Å². The zero-order chi connectivity index (χ0) is 15.2. The number of nitrogens with one attached hydrogen (secondary N) is 1. The van der Waals surface area contributed by atoms with Gasteiger partial charge in [0.1, 0.15) is 0 Å². The van der Waals surface area contributed by atoms with E-state index in [9.17, 15) is 4.79 Å². The second-order valence-corrected chi connectivity index (χ2v) is 5.94. The molecule has 0 aliphatic rings. The zero-order valence-corrected chi connectivity index (χ0v) is 12.9. The van der Waals surface area contributed by atoms with Crippen molar-refractivity contribution in [3.63, 3.8) is 0 Å². The Morgan fingerprint density at radius 3 is 2.76 bits per heavy atom. The molecular formula is C14H19N5OS. The number of nitrogens with zero attached hydrogens (tertiary/aromatic N) is 3. The van der Waals surface area contributed by atoms with Crippen LogP contribution in [0.5, 0.6) is 0 Å². The van der Waals surface area contributed by atoms with Crippen LogP contribution in [0.3, 0.4) is 0 Å². The molecule has 2 rings (SSSR count). The average Bonchev–Trinajstić information content (AvgIpc) is 2.82. The van der Waals surface area contributed by atoms with Crippen molar-refractivity contribution < 1.29 is 4.79 Å². The Morgan fingerprint density at radius 2 is 2.10 bits per heavy atom. The number of carbonyl (C=O) groups excluding carboxylic acids is 1. The van der Waals surface area contributed by atoms with Crippen molar-refractivity contribution in [3.05, 3.63) is 36.2 Å². The first kappa shape index (κ1) is 15.4. The van der Waals surface area contributed by atoms with E-state index in [0.717, 1.165) is 24.4 Å². The summed E-state index contributed by atoms with van der Waals surface area (Å²) in [5.41, 5.74) is 0.774. The molecular weight excluding hydrogens is 286 g/mol. The van der Waals surface area contributed by atoms with E-state index in [1.165, 1.54) is 16.4 Å². The molecule has 3 N–H and O–H groups in total. The van der Waals surface area contributed by atoms with Gasteiger partial charge in [0, 0.05) is 12.1 Å². The van der Waals surface area contributed by atoms with Gasteiger partial charge in [0.15, 0.2) is 5.82 Å². The van der Waals surface area contributed by atoms with Crippen molar-refractivity contribution in [2.45, 2.75) is 37.1 Å². The van der Waals surface area contributed by atoms with Crippen molar-refractivity contribution in [3.8, 4) is 0 Å². The highest BCUT2D eigenvalue weighted by molar-refractivity contribution is 8.00. The molecule has 1 heterocycles. The lowest BCUT2D eigenvalue weighted by molar-refractivity contribution is -0.115. The quantitative estimate of drug-likeness (QED) is 0.630. The van der Waals surface area contributed by atoms with Gasteiger partial charge in [0.05, 0.1) is 5.25 Å². The van der Waals surface area contributed by atoms with Gasteiger partial charge in [-0.1, -0.05) is 36.9 Å². The van der Waals surface area contributed by atoms with Crippen LogP contribution in [-0.4, -0.2) is 26.0 Å². The molecule has 0 unspecified atom stereocenters. The first-order valence-electron chi connectivity index (χ1n) is 6.83. The second-order valence-electron chi connectivity index (χ2n) is 4.63. The molecule has 0 spiro atoms. The predicted molar refractivity (Wildman–Crippen MR) is 84.6 cm³/mol. The van der Waals surface area contributed by atoms with E-state index in [2.05, 4.69) is 22.4 Å². The number of hydrogen-bond acceptors (Lipinski definition) is 5. The van der Waals surface area contributed by atoms with Crippen LogP contribution < -0.4 is 11.2 Å². The summed E-state index contributed by atoms with van der Waals surface area (Å²) in [4.78, 5) is 12.1. The van der Waals surface area contributed by atoms with Gasteiger partial charge in [-0.05, 0) is 25.5 Å². The third-order valence-corrected chi connectivity index (χ3v) is 3.96. The molecule has 0 fully saturated rings. The monoisotopic (exact) mass is 305 g/mol. The number of aryl methyl sites for hydroxylation is 1. The number of rotatable bonds is 6. The van der Waals surface area contributed by atoms with Crippen LogP contribution in [0.2, 0.25) is 0 Å². The molecule has 7 heteroatoms. The Balaban J connectivity index is 1.97. The van der Waals surface area contributed by atoms with Crippen LogP contribution in [-0.2, 0) is 11.2 Å². The summed E-state index contributed by atoms with van der Waals surface area (Å²) in [6.45, 7) is 3.87. The number of hydrogen-bond donors (Lipinski definition) is 2. The third-order valence-electron chi connectivity index (χ3n) is 2.90. The van der Waals surface area contributed by atoms with Gasteiger partial charge < -0.3 is 11.2 Å². The van der Waals surface area contributed by atoms with Crippen molar-refractivity contribution in [1.82, 2.24) is 14.9 Å². The van der Waals surface area contributed by atoms with Crippen molar-refractivity contribution in [2.75, 3.05) is 11.2 Å². The molecule has 0 aliphatic heterocycles. The molecule has 0 saturated heterocycles. The summed E-state index contributed by atoms with van der Waals surface area (Å²) in [7, 11) is 0. The summed E-state index contributed by atoms with van der Waals surface area (Å²) in [5.74, 6) is 6.57. The summed E-state index contributed by atoms with van der Waals surface area (Å²) >= 11 is 1.30. The van der Waals surface area contributed by atoms with Gasteiger partial charge in [0.25, 0.3) is 0 Å². The minimum absolute atomic E-state index is 0.0914. The fourth-order valence-corrected chi connectivity index (χ4v) is 2.55. The van der Waals surface area contributed by atoms with E-state index >= 15 is 0 Å². The van der Waals surface area contributed by atoms with Crippen LogP contribution in [0.1, 0.15) is 26.1 Å². The van der Waals surface area contributed by atoms with Gasteiger partial charge >= 0.3 is 0 Å². The lowest BCUT2D eigenvalue weighted by Crippen LogP contribution is -2.23. The van der Waals surface area contributed by atoms with Gasteiger partial charge in [-0.2, -0.15) is 0 Å². The van der Waals surface area contributed by atoms with E-state index in [1.54, 1.807) is 0 Å². The molecule has 0 bridgehead atoms. The number of anilines is 1. The van der Waals surface area contributed by atoms with Crippen molar-refractivity contribution in [1.29, 1.82) is 0 Å². The van der Waals surface area contributed by atoms with Crippen molar-refractivity contribution in [2.24, 2.45) is 0 Å². The highest BCUT2D eigenvalue weighted by atomic mass is 32.2. The fraction of sp³-hybridized carbons (Fsp3) is 0.357. The minimum Gasteiger partial charge on any atom is -0.336 e. The number of amides is 1. The van der Waals surface area contributed by atoms with E-state index in [-0.39, 0.29) is 11.2 Å². The maximum atomic E-state index is 12.1. The maximum Gasteiger partial charge on any atom is 0.237 e. The molecule has 112 valence electrons. The summed E-state index contributed by atoms with van der Waals surface area (Å²) < 4.78 is 1.46. The Bertz CT molecular complexity index is 599.